The fourth-order valence-corrected chi connectivity index (χ4v) is 2.83. The second-order valence-corrected chi connectivity index (χ2v) is 6.51. The number of aromatic nitrogens is 2. The van der Waals surface area contributed by atoms with Crippen LogP contribution < -0.4 is 16.0 Å². The third-order valence-corrected chi connectivity index (χ3v) is 4.59. The number of nitrogens with one attached hydrogen (secondary N) is 3. The topological polar surface area (TPSA) is 87.5 Å². The lowest BCUT2D eigenvalue weighted by molar-refractivity contribution is -0.127. The molecule has 7 heteroatoms. The lowest BCUT2D eigenvalue weighted by Gasteiger charge is -2.23. The number of hydrogen-bond acceptors (Lipinski definition) is 3. The first kappa shape index (κ1) is 17.3. The minimum Gasteiger partial charge on any atom is -0.356 e. The second kappa shape index (κ2) is 8.00. The maximum Gasteiger partial charge on any atom is 0.315 e. The van der Waals surface area contributed by atoms with Crippen LogP contribution in [0.3, 0.4) is 0 Å². The molecule has 1 aliphatic carbocycles. The summed E-state index contributed by atoms with van der Waals surface area (Å²) < 4.78 is 2.00. The van der Waals surface area contributed by atoms with Gasteiger partial charge >= 0.3 is 6.03 Å². The summed E-state index contributed by atoms with van der Waals surface area (Å²) in [5.74, 6) is 0.364. The molecule has 3 amide bonds. The van der Waals surface area contributed by atoms with Crippen LogP contribution in [0.25, 0.3) is 5.65 Å². The van der Waals surface area contributed by atoms with Crippen LogP contribution in [-0.2, 0) is 11.3 Å². The van der Waals surface area contributed by atoms with E-state index in [1.807, 2.05) is 35.7 Å². The lowest BCUT2D eigenvalue weighted by atomic mass is 9.85. The average Bonchev–Trinajstić information content (AvgIpc) is 2.95. The molecule has 0 radical (unpaired) electrons. The van der Waals surface area contributed by atoms with E-state index in [2.05, 4.69) is 20.9 Å². The van der Waals surface area contributed by atoms with Crippen LogP contribution in [0.2, 0.25) is 0 Å². The van der Waals surface area contributed by atoms with Gasteiger partial charge in [0.2, 0.25) is 5.91 Å². The predicted molar refractivity (Wildman–Crippen MR) is 95.1 cm³/mol. The molecule has 2 heterocycles. The maximum atomic E-state index is 11.8. The molecule has 0 bridgehead atoms. The summed E-state index contributed by atoms with van der Waals surface area (Å²) in [6, 6.07) is 5.70. The number of urea groups is 1. The quantitative estimate of drug-likeness (QED) is 0.669. The van der Waals surface area contributed by atoms with Gasteiger partial charge in [0.1, 0.15) is 5.65 Å². The molecule has 3 N–H and O–H groups in total. The predicted octanol–water partition coefficient (Wildman–Crippen LogP) is 1.75. The number of aryl methyl sites for hydroxylation is 1. The first-order chi connectivity index (χ1) is 12.1. The molecular weight excluding hydrogens is 318 g/mol. The Hall–Kier alpha value is -2.57. The van der Waals surface area contributed by atoms with Gasteiger partial charge in [-0.05, 0) is 38.3 Å². The smallest absolute Gasteiger partial charge is 0.315 e. The number of imidazole rings is 1. The maximum absolute atomic E-state index is 11.8. The van der Waals surface area contributed by atoms with Crippen molar-refractivity contribution in [2.45, 2.75) is 39.2 Å². The minimum absolute atomic E-state index is 0.151. The van der Waals surface area contributed by atoms with Crippen molar-refractivity contribution in [3.05, 3.63) is 35.8 Å². The molecular formula is C18H25N5O2. The standard InChI is InChI=1S/C18H25N5O2/c1-13-5-2-8-16-22-15(12-23(13)16)11-21-18(25)20-10-4-9-19-17(24)14-6-3-7-14/h2,5,8,12,14H,3-4,6-7,9-11H2,1H3,(H,19,24)(H2,20,21,25). The van der Waals surface area contributed by atoms with Crippen molar-refractivity contribution >= 4 is 17.6 Å². The fourth-order valence-electron chi connectivity index (χ4n) is 2.83. The van der Waals surface area contributed by atoms with Gasteiger partial charge in [0.25, 0.3) is 0 Å². The van der Waals surface area contributed by atoms with Crippen molar-refractivity contribution in [2.75, 3.05) is 13.1 Å². The van der Waals surface area contributed by atoms with Gasteiger partial charge in [-0.1, -0.05) is 12.5 Å². The molecule has 3 rings (SSSR count). The highest BCUT2D eigenvalue weighted by atomic mass is 16.2. The van der Waals surface area contributed by atoms with E-state index in [-0.39, 0.29) is 17.9 Å². The summed E-state index contributed by atoms with van der Waals surface area (Å²) in [5.41, 5.74) is 2.79. The molecule has 2 aromatic rings. The number of amides is 3. The van der Waals surface area contributed by atoms with E-state index in [0.717, 1.165) is 42.7 Å². The highest BCUT2D eigenvalue weighted by Crippen LogP contribution is 2.25. The normalized spacial score (nSPS) is 14.1. The van der Waals surface area contributed by atoms with Gasteiger partial charge in [0, 0.05) is 30.9 Å². The number of carbonyl (C=O) groups excluding carboxylic acids is 2. The molecule has 0 unspecified atom stereocenters. The van der Waals surface area contributed by atoms with Crippen molar-refractivity contribution in [3.8, 4) is 0 Å². The third kappa shape index (κ3) is 4.49. The Morgan fingerprint density at radius 3 is 2.72 bits per heavy atom. The molecule has 25 heavy (non-hydrogen) atoms. The summed E-state index contributed by atoms with van der Waals surface area (Å²) in [7, 11) is 0. The summed E-state index contributed by atoms with van der Waals surface area (Å²) in [6.07, 6.45) is 5.83. The van der Waals surface area contributed by atoms with Gasteiger partial charge in [-0.3, -0.25) is 4.79 Å². The van der Waals surface area contributed by atoms with Crippen LogP contribution in [0.15, 0.2) is 24.4 Å². The molecule has 1 fully saturated rings. The van der Waals surface area contributed by atoms with Crippen molar-refractivity contribution in [3.63, 3.8) is 0 Å². The summed E-state index contributed by atoms with van der Waals surface area (Å²) in [5, 5.41) is 8.51. The Labute approximate surface area is 147 Å². The molecule has 0 aliphatic heterocycles. The van der Waals surface area contributed by atoms with Gasteiger partial charge in [0.15, 0.2) is 0 Å². The Kier molecular flexibility index (Phi) is 5.53. The SMILES string of the molecule is Cc1cccc2nc(CNC(=O)NCCCNC(=O)C3CCC3)cn12. The number of fused-ring (bicyclic) bond motifs is 1. The van der Waals surface area contributed by atoms with E-state index in [1.165, 1.54) is 0 Å². The van der Waals surface area contributed by atoms with Gasteiger partial charge in [-0.25, -0.2) is 9.78 Å². The van der Waals surface area contributed by atoms with Crippen LogP contribution >= 0.6 is 0 Å². The molecule has 0 spiro atoms. The van der Waals surface area contributed by atoms with Crippen LogP contribution in [0.1, 0.15) is 37.1 Å². The number of hydrogen-bond donors (Lipinski definition) is 3. The summed E-state index contributed by atoms with van der Waals surface area (Å²) in [6.45, 7) is 3.52. The Morgan fingerprint density at radius 1 is 1.20 bits per heavy atom. The van der Waals surface area contributed by atoms with Crippen molar-refractivity contribution in [1.29, 1.82) is 0 Å². The highest BCUT2D eigenvalue weighted by Gasteiger charge is 2.24. The Bertz CT molecular complexity index is 751. The number of pyridine rings is 1. The van der Waals surface area contributed by atoms with Crippen LogP contribution in [-0.4, -0.2) is 34.4 Å². The molecule has 0 aromatic carbocycles. The summed E-state index contributed by atoms with van der Waals surface area (Å²) in [4.78, 5) is 28.0. The van der Waals surface area contributed by atoms with Gasteiger partial charge in [-0.15, -0.1) is 0 Å². The molecule has 134 valence electrons. The van der Waals surface area contributed by atoms with E-state index in [0.29, 0.717) is 19.6 Å². The monoisotopic (exact) mass is 343 g/mol. The summed E-state index contributed by atoms with van der Waals surface area (Å²) >= 11 is 0. The van der Waals surface area contributed by atoms with Crippen LogP contribution in [0, 0.1) is 12.8 Å². The van der Waals surface area contributed by atoms with E-state index in [9.17, 15) is 9.59 Å². The lowest BCUT2D eigenvalue weighted by Crippen LogP contribution is -2.38. The van der Waals surface area contributed by atoms with Crippen molar-refractivity contribution in [2.24, 2.45) is 5.92 Å². The highest BCUT2D eigenvalue weighted by molar-refractivity contribution is 5.79. The zero-order valence-corrected chi connectivity index (χ0v) is 14.5. The molecule has 1 saturated carbocycles. The van der Waals surface area contributed by atoms with Gasteiger partial charge < -0.3 is 20.4 Å². The first-order valence-corrected chi connectivity index (χ1v) is 8.86. The van der Waals surface area contributed by atoms with Crippen LogP contribution in [0.4, 0.5) is 4.79 Å². The number of rotatable bonds is 7. The van der Waals surface area contributed by atoms with E-state index in [1.54, 1.807) is 0 Å². The van der Waals surface area contributed by atoms with E-state index < -0.39 is 0 Å². The van der Waals surface area contributed by atoms with Crippen LogP contribution in [0.5, 0.6) is 0 Å². The van der Waals surface area contributed by atoms with Gasteiger partial charge in [0.05, 0.1) is 12.2 Å². The molecule has 0 atom stereocenters. The largest absolute Gasteiger partial charge is 0.356 e. The third-order valence-electron chi connectivity index (χ3n) is 4.59. The molecule has 2 aromatic heterocycles. The van der Waals surface area contributed by atoms with E-state index >= 15 is 0 Å². The molecule has 1 aliphatic rings. The fraction of sp³-hybridized carbons (Fsp3) is 0.500. The molecule has 0 saturated heterocycles. The Morgan fingerprint density at radius 2 is 2.00 bits per heavy atom. The second-order valence-electron chi connectivity index (χ2n) is 6.51. The number of nitrogens with zero attached hydrogens (tertiary/aromatic N) is 2. The van der Waals surface area contributed by atoms with Gasteiger partial charge in [-0.2, -0.15) is 0 Å². The van der Waals surface area contributed by atoms with Crippen molar-refractivity contribution < 1.29 is 9.59 Å². The average molecular weight is 343 g/mol. The van der Waals surface area contributed by atoms with Crippen molar-refractivity contribution in [1.82, 2.24) is 25.3 Å². The Balaban J connectivity index is 1.32. The first-order valence-electron chi connectivity index (χ1n) is 8.86. The molecule has 7 nitrogen and oxygen atoms in total. The zero-order valence-electron chi connectivity index (χ0n) is 14.5. The van der Waals surface area contributed by atoms with E-state index in [4.69, 9.17) is 0 Å². The zero-order chi connectivity index (χ0) is 17.6. The minimum atomic E-state index is -0.223. The number of carbonyl (C=O) groups is 2.